The third kappa shape index (κ3) is 4.47. The summed E-state index contributed by atoms with van der Waals surface area (Å²) in [5.41, 5.74) is 7.69. The summed E-state index contributed by atoms with van der Waals surface area (Å²) in [4.78, 5) is 14.0. The molecule has 5 aromatic rings. The van der Waals surface area contributed by atoms with Crippen LogP contribution in [0.15, 0.2) is 90.3 Å². The number of hydrogen-bond acceptors (Lipinski definition) is 2. The van der Waals surface area contributed by atoms with E-state index in [0.29, 0.717) is 6.54 Å². The van der Waals surface area contributed by atoms with Crippen molar-refractivity contribution in [3.8, 4) is 10.6 Å². The van der Waals surface area contributed by atoms with Crippen LogP contribution in [0.3, 0.4) is 0 Å². The first-order valence-electron chi connectivity index (χ1n) is 11.4. The summed E-state index contributed by atoms with van der Waals surface area (Å²) in [6.45, 7) is 5.23. The molecule has 0 aliphatic heterocycles. The number of nitrogens with one attached hydrogen (secondary N) is 2. The van der Waals surface area contributed by atoms with Crippen LogP contribution in [0.5, 0.6) is 0 Å². The molecular weight excluding hydrogens is 438 g/mol. The molecule has 0 fully saturated rings. The molecule has 5 rings (SSSR count). The number of anilines is 1. The number of fused-ring (bicyclic) bond motifs is 1. The van der Waals surface area contributed by atoms with Crippen molar-refractivity contribution < 1.29 is 4.79 Å². The highest BCUT2D eigenvalue weighted by atomic mass is 32.1. The molecule has 3 aromatic carbocycles. The van der Waals surface area contributed by atoms with Crippen molar-refractivity contribution in [2.75, 3.05) is 5.32 Å². The smallest absolute Gasteiger partial charge is 0.319 e. The fourth-order valence-electron chi connectivity index (χ4n) is 4.39. The van der Waals surface area contributed by atoms with Crippen LogP contribution in [0, 0.1) is 13.8 Å². The molecule has 0 unspecified atom stereocenters. The Morgan fingerprint density at radius 3 is 2.50 bits per heavy atom. The number of aryl methyl sites for hydroxylation is 2. The summed E-state index contributed by atoms with van der Waals surface area (Å²) in [5.74, 6) is 0. The van der Waals surface area contributed by atoms with Crippen LogP contribution in [0.2, 0.25) is 0 Å². The number of aromatic nitrogens is 1. The molecule has 0 saturated heterocycles. The summed E-state index contributed by atoms with van der Waals surface area (Å²) in [6, 6.07) is 29.1. The molecule has 2 N–H and O–H groups in total. The largest absolute Gasteiger partial charge is 0.335 e. The standard InChI is InChI=1S/C29H27N3OS/c1-20-14-15-21(2)25(17-20)31-29(33)30-18-24-23-11-6-7-12-26(23)32(19-22-9-4-3-5-10-22)28(24)27-13-8-16-34-27/h3-17H,18-19H2,1-2H3,(H2,30,31,33). The van der Waals surface area contributed by atoms with Gasteiger partial charge in [-0.3, -0.25) is 0 Å². The molecule has 2 aromatic heterocycles. The van der Waals surface area contributed by atoms with Crippen LogP contribution in [0.25, 0.3) is 21.5 Å². The van der Waals surface area contributed by atoms with Gasteiger partial charge in [-0.2, -0.15) is 0 Å². The van der Waals surface area contributed by atoms with E-state index in [1.54, 1.807) is 11.3 Å². The minimum absolute atomic E-state index is 0.203. The topological polar surface area (TPSA) is 46.1 Å². The lowest BCUT2D eigenvalue weighted by Gasteiger charge is -2.13. The van der Waals surface area contributed by atoms with Gasteiger partial charge in [-0.15, -0.1) is 11.3 Å². The number of carbonyl (C=O) groups is 1. The molecule has 2 heterocycles. The van der Waals surface area contributed by atoms with Gasteiger partial charge in [0, 0.05) is 35.2 Å². The van der Waals surface area contributed by atoms with Gasteiger partial charge in [-0.25, -0.2) is 4.79 Å². The highest BCUT2D eigenvalue weighted by Gasteiger charge is 2.20. The van der Waals surface area contributed by atoms with E-state index in [-0.39, 0.29) is 6.03 Å². The monoisotopic (exact) mass is 465 g/mol. The number of urea groups is 1. The Kier molecular flexibility index (Phi) is 6.19. The van der Waals surface area contributed by atoms with Crippen LogP contribution in [-0.4, -0.2) is 10.6 Å². The Labute approximate surface area is 203 Å². The molecule has 0 spiro atoms. The van der Waals surface area contributed by atoms with Gasteiger partial charge in [0.15, 0.2) is 0 Å². The summed E-state index contributed by atoms with van der Waals surface area (Å²) in [7, 11) is 0. The summed E-state index contributed by atoms with van der Waals surface area (Å²) in [5, 5.41) is 9.39. The highest BCUT2D eigenvalue weighted by Crippen LogP contribution is 2.36. The van der Waals surface area contributed by atoms with Crippen molar-refractivity contribution in [3.05, 3.63) is 113 Å². The van der Waals surface area contributed by atoms with Crippen LogP contribution >= 0.6 is 11.3 Å². The van der Waals surface area contributed by atoms with Crippen molar-refractivity contribution >= 4 is 34.0 Å². The molecular formula is C29H27N3OS. The van der Waals surface area contributed by atoms with Crippen molar-refractivity contribution in [2.24, 2.45) is 0 Å². The Bertz CT molecular complexity index is 1440. The zero-order chi connectivity index (χ0) is 23.5. The van der Waals surface area contributed by atoms with Crippen molar-refractivity contribution in [1.82, 2.24) is 9.88 Å². The quantitative estimate of drug-likeness (QED) is 0.270. The van der Waals surface area contributed by atoms with Gasteiger partial charge < -0.3 is 15.2 Å². The first-order valence-corrected chi connectivity index (χ1v) is 12.3. The number of benzene rings is 3. The third-order valence-electron chi connectivity index (χ3n) is 6.08. The normalized spacial score (nSPS) is 11.0. The Morgan fingerprint density at radius 1 is 0.912 bits per heavy atom. The highest BCUT2D eigenvalue weighted by molar-refractivity contribution is 7.13. The van der Waals surface area contributed by atoms with Crippen molar-refractivity contribution in [2.45, 2.75) is 26.9 Å². The van der Waals surface area contributed by atoms with Gasteiger partial charge in [-0.05, 0) is 54.1 Å². The number of amides is 2. The predicted molar refractivity (Wildman–Crippen MR) is 143 cm³/mol. The van der Waals surface area contributed by atoms with Gasteiger partial charge in [-0.1, -0.05) is 66.7 Å². The van der Waals surface area contributed by atoms with Gasteiger partial charge in [0.05, 0.1) is 10.6 Å². The minimum atomic E-state index is -0.203. The van der Waals surface area contributed by atoms with Crippen LogP contribution in [0.1, 0.15) is 22.3 Å². The minimum Gasteiger partial charge on any atom is -0.335 e. The fourth-order valence-corrected chi connectivity index (χ4v) is 5.19. The predicted octanol–water partition coefficient (Wildman–Crippen LogP) is 7.36. The van der Waals surface area contributed by atoms with E-state index in [2.05, 4.69) is 81.2 Å². The zero-order valence-electron chi connectivity index (χ0n) is 19.3. The van der Waals surface area contributed by atoms with E-state index in [1.165, 1.54) is 16.0 Å². The fraction of sp³-hybridized carbons (Fsp3) is 0.138. The van der Waals surface area contributed by atoms with E-state index < -0.39 is 0 Å². The first-order chi connectivity index (χ1) is 16.6. The molecule has 0 aliphatic rings. The summed E-state index contributed by atoms with van der Waals surface area (Å²) < 4.78 is 2.37. The maximum Gasteiger partial charge on any atom is 0.319 e. The molecule has 0 atom stereocenters. The van der Waals surface area contributed by atoms with Crippen LogP contribution < -0.4 is 10.6 Å². The van der Waals surface area contributed by atoms with Crippen LogP contribution in [-0.2, 0) is 13.1 Å². The SMILES string of the molecule is Cc1ccc(C)c(NC(=O)NCc2c(-c3cccs3)n(Cc3ccccc3)c3ccccc23)c1. The second-order valence-electron chi connectivity index (χ2n) is 8.52. The number of rotatable bonds is 6. The zero-order valence-corrected chi connectivity index (χ0v) is 20.2. The van der Waals surface area contributed by atoms with Crippen LogP contribution in [0.4, 0.5) is 10.5 Å². The van der Waals surface area contributed by atoms with Gasteiger partial charge in [0.2, 0.25) is 0 Å². The van der Waals surface area contributed by atoms with E-state index in [1.807, 2.05) is 38.1 Å². The van der Waals surface area contributed by atoms with Gasteiger partial charge in [0.1, 0.15) is 0 Å². The van der Waals surface area contributed by atoms with Crippen molar-refractivity contribution in [1.29, 1.82) is 0 Å². The number of thiophene rings is 1. The third-order valence-corrected chi connectivity index (χ3v) is 6.96. The molecule has 0 aliphatic carbocycles. The van der Waals surface area contributed by atoms with Gasteiger partial charge >= 0.3 is 6.03 Å². The van der Waals surface area contributed by atoms with E-state index in [0.717, 1.165) is 40.0 Å². The molecule has 34 heavy (non-hydrogen) atoms. The molecule has 170 valence electrons. The summed E-state index contributed by atoms with van der Waals surface area (Å²) >= 11 is 1.72. The van der Waals surface area contributed by atoms with E-state index >= 15 is 0 Å². The van der Waals surface area contributed by atoms with E-state index in [4.69, 9.17) is 0 Å². The Hall–Kier alpha value is -3.83. The Morgan fingerprint density at radius 2 is 1.71 bits per heavy atom. The lowest BCUT2D eigenvalue weighted by molar-refractivity contribution is 0.252. The van der Waals surface area contributed by atoms with Crippen molar-refractivity contribution in [3.63, 3.8) is 0 Å². The number of nitrogens with zero attached hydrogens (tertiary/aromatic N) is 1. The number of carbonyl (C=O) groups excluding carboxylic acids is 1. The van der Waals surface area contributed by atoms with Gasteiger partial charge in [0.25, 0.3) is 0 Å². The maximum atomic E-state index is 12.9. The molecule has 0 radical (unpaired) electrons. The average Bonchev–Trinajstić information content (AvgIpc) is 3.47. The Balaban J connectivity index is 1.51. The maximum absolute atomic E-state index is 12.9. The second kappa shape index (κ2) is 9.57. The molecule has 4 nitrogen and oxygen atoms in total. The van der Waals surface area contributed by atoms with E-state index in [9.17, 15) is 4.79 Å². The first kappa shape index (κ1) is 22.0. The average molecular weight is 466 g/mol. The molecule has 2 amide bonds. The summed E-state index contributed by atoms with van der Waals surface area (Å²) in [6.07, 6.45) is 0. The second-order valence-corrected chi connectivity index (χ2v) is 9.47. The molecule has 0 saturated carbocycles. The molecule has 0 bridgehead atoms. The number of hydrogen-bond donors (Lipinski definition) is 2. The lowest BCUT2D eigenvalue weighted by atomic mass is 10.1. The molecule has 5 heteroatoms. The lowest BCUT2D eigenvalue weighted by Crippen LogP contribution is -2.28. The number of para-hydroxylation sites is 1.